The van der Waals surface area contributed by atoms with Crippen LogP contribution in [0, 0.1) is 6.92 Å². The zero-order valence-electron chi connectivity index (χ0n) is 11.6. The number of nitrogens with zero attached hydrogens (tertiary/aromatic N) is 1. The molecule has 0 bridgehead atoms. The van der Waals surface area contributed by atoms with Crippen molar-refractivity contribution in [2.24, 2.45) is 0 Å². The quantitative estimate of drug-likeness (QED) is 0.803. The van der Waals surface area contributed by atoms with E-state index < -0.39 is 10.0 Å². The third kappa shape index (κ3) is 3.70. The number of rotatable bonds is 6. The lowest BCUT2D eigenvalue weighted by atomic mass is 10.2. The van der Waals surface area contributed by atoms with Crippen molar-refractivity contribution in [3.63, 3.8) is 0 Å². The van der Waals surface area contributed by atoms with Crippen LogP contribution < -0.4 is 5.73 Å². The molecule has 0 atom stereocenters. The van der Waals surface area contributed by atoms with Gasteiger partial charge in [0.2, 0.25) is 10.0 Å². The molecule has 0 unspecified atom stereocenters. The number of nitrogens with two attached hydrogens (primary N) is 1. The summed E-state index contributed by atoms with van der Waals surface area (Å²) in [4.78, 5) is 0.301. The Morgan fingerprint density at radius 3 is 2.21 bits per heavy atom. The molecule has 0 aromatic heterocycles. The van der Waals surface area contributed by atoms with Crippen LogP contribution in [0.5, 0.6) is 0 Å². The first kappa shape index (κ1) is 16.5. The maximum atomic E-state index is 12.7. The fourth-order valence-corrected chi connectivity index (χ4v) is 4.26. The second kappa shape index (κ2) is 6.72. The third-order valence-corrected chi connectivity index (χ3v) is 5.59. The summed E-state index contributed by atoms with van der Waals surface area (Å²) in [6.07, 6.45) is 1.59. The molecular formula is C13H21BrN2O2S. The van der Waals surface area contributed by atoms with Gasteiger partial charge in [-0.05, 0) is 53.4 Å². The van der Waals surface area contributed by atoms with E-state index in [1.165, 1.54) is 10.4 Å². The van der Waals surface area contributed by atoms with Crippen LogP contribution in [0.15, 0.2) is 21.5 Å². The number of aryl methyl sites for hydroxylation is 1. The van der Waals surface area contributed by atoms with Crippen molar-refractivity contribution in [3.05, 3.63) is 22.2 Å². The molecule has 1 rings (SSSR count). The molecule has 0 saturated carbocycles. The van der Waals surface area contributed by atoms with E-state index in [9.17, 15) is 8.42 Å². The lowest BCUT2D eigenvalue weighted by molar-refractivity contribution is 0.409. The van der Waals surface area contributed by atoms with E-state index in [1.54, 1.807) is 13.0 Å². The van der Waals surface area contributed by atoms with Gasteiger partial charge in [-0.1, -0.05) is 13.8 Å². The number of hydrogen-bond donors (Lipinski definition) is 1. The Bertz CT molecular complexity index is 538. The molecule has 2 N–H and O–H groups in total. The highest BCUT2D eigenvalue weighted by Crippen LogP contribution is 2.28. The monoisotopic (exact) mass is 348 g/mol. The number of sulfonamides is 1. The van der Waals surface area contributed by atoms with Crippen LogP contribution in [0.4, 0.5) is 5.69 Å². The number of hydrogen-bond acceptors (Lipinski definition) is 3. The lowest BCUT2D eigenvalue weighted by Crippen LogP contribution is -2.33. The Morgan fingerprint density at radius 1 is 1.21 bits per heavy atom. The molecule has 1 aromatic carbocycles. The standard InChI is InChI=1S/C13H21BrN2O2S/c1-4-6-16(7-5-2)19(17,18)13-9-12(15)11(14)8-10(13)3/h8-9H,4-7,15H2,1-3H3. The highest BCUT2D eigenvalue weighted by Gasteiger charge is 2.25. The normalized spacial score (nSPS) is 12.1. The molecule has 0 saturated heterocycles. The summed E-state index contributed by atoms with van der Waals surface area (Å²) in [5, 5.41) is 0. The van der Waals surface area contributed by atoms with E-state index in [0.29, 0.717) is 29.2 Å². The van der Waals surface area contributed by atoms with Gasteiger partial charge >= 0.3 is 0 Å². The molecule has 0 aliphatic heterocycles. The summed E-state index contributed by atoms with van der Waals surface area (Å²) >= 11 is 3.31. The molecule has 0 aliphatic rings. The van der Waals surface area contributed by atoms with Gasteiger partial charge in [-0.15, -0.1) is 0 Å². The van der Waals surface area contributed by atoms with Crippen molar-refractivity contribution >= 4 is 31.6 Å². The molecule has 0 fully saturated rings. The van der Waals surface area contributed by atoms with Crippen molar-refractivity contribution < 1.29 is 8.42 Å². The SMILES string of the molecule is CCCN(CCC)S(=O)(=O)c1cc(N)c(Br)cc1C. The minimum absolute atomic E-state index is 0.301. The Morgan fingerprint density at radius 2 is 1.74 bits per heavy atom. The molecule has 4 nitrogen and oxygen atoms in total. The van der Waals surface area contributed by atoms with Gasteiger partial charge < -0.3 is 5.73 Å². The Hall–Kier alpha value is -0.590. The van der Waals surface area contributed by atoms with E-state index in [0.717, 1.165) is 17.3 Å². The fraction of sp³-hybridized carbons (Fsp3) is 0.538. The molecule has 0 heterocycles. The molecule has 108 valence electrons. The van der Waals surface area contributed by atoms with Gasteiger partial charge in [-0.2, -0.15) is 4.31 Å². The first-order valence-corrected chi connectivity index (χ1v) is 8.63. The van der Waals surface area contributed by atoms with Gasteiger partial charge in [-0.25, -0.2) is 8.42 Å². The van der Waals surface area contributed by atoms with E-state index in [4.69, 9.17) is 5.73 Å². The first-order valence-electron chi connectivity index (χ1n) is 6.40. The smallest absolute Gasteiger partial charge is 0.243 e. The van der Waals surface area contributed by atoms with Gasteiger partial charge in [-0.3, -0.25) is 0 Å². The highest BCUT2D eigenvalue weighted by atomic mass is 79.9. The van der Waals surface area contributed by atoms with Crippen LogP contribution in [0.25, 0.3) is 0 Å². The lowest BCUT2D eigenvalue weighted by Gasteiger charge is -2.22. The van der Waals surface area contributed by atoms with Gasteiger partial charge in [0.1, 0.15) is 0 Å². The number of benzene rings is 1. The number of anilines is 1. The second-order valence-corrected chi connectivity index (χ2v) is 7.30. The summed E-state index contributed by atoms with van der Waals surface area (Å²) in [6.45, 7) is 6.80. The summed E-state index contributed by atoms with van der Waals surface area (Å²) < 4.78 is 27.6. The molecule has 19 heavy (non-hydrogen) atoms. The summed E-state index contributed by atoms with van der Waals surface area (Å²) in [5.41, 5.74) is 6.95. The van der Waals surface area contributed by atoms with Crippen molar-refractivity contribution in [1.82, 2.24) is 4.31 Å². The van der Waals surface area contributed by atoms with Crippen LogP contribution in [0.3, 0.4) is 0 Å². The largest absolute Gasteiger partial charge is 0.398 e. The van der Waals surface area contributed by atoms with Crippen LogP contribution >= 0.6 is 15.9 Å². The molecule has 0 spiro atoms. The third-order valence-electron chi connectivity index (χ3n) is 2.86. The minimum Gasteiger partial charge on any atom is -0.398 e. The maximum Gasteiger partial charge on any atom is 0.243 e. The van der Waals surface area contributed by atoms with Gasteiger partial charge in [0.05, 0.1) is 4.90 Å². The van der Waals surface area contributed by atoms with Crippen molar-refractivity contribution in [1.29, 1.82) is 0 Å². The van der Waals surface area contributed by atoms with Gasteiger partial charge in [0.25, 0.3) is 0 Å². The van der Waals surface area contributed by atoms with E-state index in [2.05, 4.69) is 15.9 Å². The van der Waals surface area contributed by atoms with Crippen LogP contribution in [0.2, 0.25) is 0 Å². The zero-order valence-corrected chi connectivity index (χ0v) is 14.0. The summed E-state index contributed by atoms with van der Waals surface area (Å²) in [6, 6.07) is 3.28. The van der Waals surface area contributed by atoms with Gasteiger partial charge in [0, 0.05) is 23.2 Å². The van der Waals surface area contributed by atoms with E-state index >= 15 is 0 Å². The Kier molecular flexibility index (Phi) is 5.82. The summed E-state index contributed by atoms with van der Waals surface area (Å²) in [7, 11) is -3.46. The predicted molar refractivity (Wildman–Crippen MR) is 82.6 cm³/mol. The van der Waals surface area contributed by atoms with Crippen molar-refractivity contribution in [2.75, 3.05) is 18.8 Å². The zero-order chi connectivity index (χ0) is 14.6. The summed E-state index contributed by atoms with van der Waals surface area (Å²) in [5.74, 6) is 0. The topological polar surface area (TPSA) is 63.4 Å². The first-order chi connectivity index (χ1) is 8.84. The van der Waals surface area contributed by atoms with E-state index in [1.807, 2.05) is 13.8 Å². The molecular weight excluding hydrogens is 328 g/mol. The molecule has 6 heteroatoms. The van der Waals surface area contributed by atoms with Crippen molar-refractivity contribution in [2.45, 2.75) is 38.5 Å². The van der Waals surface area contributed by atoms with E-state index in [-0.39, 0.29) is 0 Å². The molecule has 0 radical (unpaired) electrons. The second-order valence-electron chi connectivity index (χ2n) is 4.54. The maximum absolute atomic E-state index is 12.7. The Balaban J connectivity index is 3.28. The average Bonchev–Trinajstić information content (AvgIpc) is 2.33. The van der Waals surface area contributed by atoms with Crippen LogP contribution in [-0.4, -0.2) is 25.8 Å². The molecule has 0 amide bonds. The molecule has 1 aromatic rings. The Labute approximate surface area is 124 Å². The highest BCUT2D eigenvalue weighted by molar-refractivity contribution is 9.10. The average molecular weight is 349 g/mol. The number of halogens is 1. The van der Waals surface area contributed by atoms with Crippen LogP contribution in [0.1, 0.15) is 32.3 Å². The fourth-order valence-electron chi connectivity index (χ4n) is 1.94. The predicted octanol–water partition coefficient (Wildman–Crippen LogP) is 3.15. The van der Waals surface area contributed by atoms with Crippen molar-refractivity contribution in [3.8, 4) is 0 Å². The number of nitrogen functional groups attached to an aromatic ring is 1. The van der Waals surface area contributed by atoms with Gasteiger partial charge in [0.15, 0.2) is 0 Å². The van der Waals surface area contributed by atoms with Crippen LogP contribution in [-0.2, 0) is 10.0 Å². The minimum atomic E-state index is -3.46. The molecule has 0 aliphatic carbocycles.